The van der Waals surface area contributed by atoms with Crippen LogP contribution in [0, 0.1) is 24.1 Å². The van der Waals surface area contributed by atoms with Gasteiger partial charge in [-0.05, 0) is 48.9 Å². The molecule has 0 amide bonds. The van der Waals surface area contributed by atoms with E-state index in [1.165, 1.54) is 0 Å². The van der Waals surface area contributed by atoms with Gasteiger partial charge in [0.05, 0.1) is 16.1 Å². The van der Waals surface area contributed by atoms with E-state index in [2.05, 4.69) is 20.7 Å². The summed E-state index contributed by atoms with van der Waals surface area (Å²) in [5.74, 6) is -0.755. The lowest BCUT2D eigenvalue weighted by Crippen LogP contribution is -2.13. The Morgan fingerprint density at radius 3 is 2.57 bits per heavy atom. The van der Waals surface area contributed by atoms with Crippen molar-refractivity contribution < 1.29 is 12.8 Å². The van der Waals surface area contributed by atoms with Gasteiger partial charge >= 0.3 is 0 Å². The van der Waals surface area contributed by atoms with Crippen LogP contribution in [-0.2, 0) is 10.0 Å². The number of hydrogen-bond acceptors (Lipinski definition) is 3. The number of rotatable bonds is 3. The zero-order valence-electron chi connectivity index (χ0n) is 10.9. The number of anilines is 1. The molecule has 0 aliphatic carbocycles. The van der Waals surface area contributed by atoms with Gasteiger partial charge in [-0.25, -0.2) is 12.8 Å². The van der Waals surface area contributed by atoms with Crippen LogP contribution < -0.4 is 4.72 Å². The van der Waals surface area contributed by atoms with Gasteiger partial charge in [0.15, 0.2) is 0 Å². The molecule has 21 heavy (non-hydrogen) atoms. The lowest BCUT2D eigenvalue weighted by molar-refractivity contribution is 0.599. The van der Waals surface area contributed by atoms with Gasteiger partial charge in [-0.2, -0.15) is 5.26 Å². The maximum atomic E-state index is 13.2. The molecule has 108 valence electrons. The van der Waals surface area contributed by atoms with E-state index in [0.717, 1.165) is 28.2 Å². The molecule has 0 aliphatic rings. The molecule has 1 N–H and O–H groups in total. The van der Waals surface area contributed by atoms with Crippen LogP contribution in [0.15, 0.2) is 45.8 Å². The van der Waals surface area contributed by atoms with E-state index in [1.54, 1.807) is 18.2 Å². The fourth-order valence-corrected chi connectivity index (χ4v) is 3.44. The molecule has 0 bridgehead atoms. The molecule has 0 spiro atoms. The third kappa shape index (κ3) is 3.60. The van der Waals surface area contributed by atoms with Crippen molar-refractivity contribution in [3.63, 3.8) is 0 Å². The Morgan fingerprint density at radius 1 is 1.24 bits per heavy atom. The number of nitriles is 1. The largest absolute Gasteiger partial charge is 0.280 e. The highest BCUT2D eigenvalue weighted by molar-refractivity contribution is 9.10. The summed E-state index contributed by atoms with van der Waals surface area (Å²) >= 11 is 3.28. The first kappa shape index (κ1) is 15.5. The van der Waals surface area contributed by atoms with Crippen LogP contribution in [0.3, 0.4) is 0 Å². The second-order valence-corrected chi connectivity index (χ2v) is 6.97. The van der Waals surface area contributed by atoms with Crippen molar-refractivity contribution in [1.82, 2.24) is 0 Å². The standard InChI is InChI=1S/C14H10BrFN2O2S/c1-9-4-11(15)7-12(5-9)18-21(19,20)13-2-3-14(16)10(6-13)8-17/h2-7,18H,1H3. The molecule has 0 radical (unpaired) electrons. The minimum Gasteiger partial charge on any atom is -0.280 e. The number of sulfonamides is 1. The Labute approximate surface area is 130 Å². The summed E-state index contributed by atoms with van der Waals surface area (Å²) in [5.41, 5.74) is 0.937. The first-order valence-electron chi connectivity index (χ1n) is 5.81. The molecule has 4 nitrogen and oxygen atoms in total. The molecule has 0 atom stereocenters. The predicted molar refractivity (Wildman–Crippen MR) is 80.8 cm³/mol. The highest BCUT2D eigenvalue weighted by Gasteiger charge is 2.16. The number of halogens is 2. The van der Waals surface area contributed by atoms with Crippen LogP contribution in [0.1, 0.15) is 11.1 Å². The molecular weight excluding hydrogens is 359 g/mol. The summed E-state index contributed by atoms with van der Waals surface area (Å²) in [6, 6.07) is 9.80. The number of aryl methyl sites for hydroxylation is 1. The van der Waals surface area contributed by atoms with Gasteiger partial charge in [-0.15, -0.1) is 0 Å². The Kier molecular flexibility index (Phi) is 4.30. The smallest absolute Gasteiger partial charge is 0.261 e. The van der Waals surface area contributed by atoms with Crippen molar-refractivity contribution in [3.05, 3.63) is 57.8 Å². The minimum atomic E-state index is -3.88. The molecule has 0 saturated carbocycles. The molecule has 7 heteroatoms. The highest BCUT2D eigenvalue weighted by Crippen LogP contribution is 2.23. The molecule has 0 unspecified atom stereocenters. The van der Waals surface area contributed by atoms with Crippen LogP contribution in [0.5, 0.6) is 0 Å². The Bertz CT molecular complexity index is 824. The topological polar surface area (TPSA) is 70.0 Å². The van der Waals surface area contributed by atoms with E-state index in [1.807, 2.05) is 13.0 Å². The summed E-state index contributed by atoms with van der Waals surface area (Å²) in [7, 11) is -3.88. The van der Waals surface area contributed by atoms with E-state index in [0.29, 0.717) is 5.69 Å². The number of nitrogens with one attached hydrogen (secondary N) is 1. The maximum absolute atomic E-state index is 13.2. The summed E-state index contributed by atoms with van der Waals surface area (Å²) in [6.45, 7) is 1.83. The summed E-state index contributed by atoms with van der Waals surface area (Å²) < 4.78 is 40.9. The second kappa shape index (κ2) is 5.84. The Balaban J connectivity index is 2.41. The van der Waals surface area contributed by atoms with Crippen molar-refractivity contribution in [2.45, 2.75) is 11.8 Å². The van der Waals surface area contributed by atoms with Crippen LogP contribution in [0.2, 0.25) is 0 Å². The molecule has 2 aromatic carbocycles. The van der Waals surface area contributed by atoms with Crippen LogP contribution in [0.25, 0.3) is 0 Å². The Morgan fingerprint density at radius 2 is 1.95 bits per heavy atom. The van der Waals surface area contributed by atoms with E-state index in [9.17, 15) is 12.8 Å². The van der Waals surface area contributed by atoms with Gasteiger partial charge in [0.1, 0.15) is 11.9 Å². The van der Waals surface area contributed by atoms with Crippen LogP contribution in [0.4, 0.5) is 10.1 Å². The Hall–Kier alpha value is -1.91. The third-order valence-corrected chi connectivity index (χ3v) is 4.50. The van der Waals surface area contributed by atoms with E-state index in [4.69, 9.17) is 5.26 Å². The summed E-state index contributed by atoms with van der Waals surface area (Å²) in [4.78, 5) is -0.168. The third-order valence-electron chi connectivity index (χ3n) is 2.66. The van der Waals surface area contributed by atoms with Crippen LogP contribution >= 0.6 is 15.9 Å². The first-order chi connectivity index (χ1) is 9.81. The van der Waals surface area contributed by atoms with Crippen molar-refractivity contribution in [2.24, 2.45) is 0 Å². The highest BCUT2D eigenvalue weighted by atomic mass is 79.9. The van der Waals surface area contributed by atoms with Gasteiger partial charge in [0, 0.05) is 4.47 Å². The van der Waals surface area contributed by atoms with Crippen molar-refractivity contribution in [2.75, 3.05) is 4.72 Å². The van der Waals surface area contributed by atoms with Gasteiger partial charge in [0.25, 0.3) is 10.0 Å². The quantitative estimate of drug-likeness (QED) is 0.899. The average Bonchev–Trinajstić information content (AvgIpc) is 2.37. The SMILES string of the molecule is Cc1cc(Br)cc(NS(=O)(=O)c2ccc(F)c(C#N)c2)c1. The number of hydrogen-bond donors (Lipinski definition) is 1. The molecule has 0 aliphatic heterocycles. The summed E-state index contributed by atoms with van der Waals surface area (Å²) in [5, 5.41) is 8.76. The fourth-order valence-electron chi connectivity index (χ4n) is 1.77. The zero-order valence-corrected chi connectivity index (χ0v) is 13.3. The van der Waals surface area contributed by atoms with E-state index < -0.39 is 15.8 Å². The number of benzene rings is 2. The predicted octanol–water partition coefficient (Wildman–Crippen LogP) is 3.57. The molecule has 2 aromatic rings. The lowest BCUT2D eigenvalue weighted by Gasteiger charge is -2.10. The van der Waals surface area contributed by atoms with Gasteiger partial charge < -0.3 is 0 Å². The molecular formula is C14H10BrFN2O2S. The van der Waals surface area contributed by atoms with Crippen molar-refractivity contribution in [1.29, 1.82) is 5.26 Å². The van der Waals surface area contributed by atoms with E-state index >= 15 is 0 Å². The fraction of sp³-hybridized carbons (Fsp3) is 0.0714. The molecule has 0 aromatic heterocycles. The lowest BCUT2D eigenvalue weighted by atomic mass is 10.2. The van der Waals surface area contributed by atoms with Gasteiger partial charge in [-0.1, -0.05) is 15.9 Å². The monoisotopic (exact) mass is 368 g/mol. The number of nitrogens with zero attached hydrogens (tertiary/aromatic N) is 1. The van der Waals surface area contributed by atoms with Crippen LogP contribution in [-0.4, -0.2) is 8.42 Å². The first-order valence-corrected chi connectivity index (χ1v) is 8.09. The van der Waals surface area contributed by atoms with Crippen molar-refractivity contribution in [3.8, 4) is 6.07 Å². The molecule has 0 saturated heterocycles. The average molecular weight is 369 g/mol. The molecule has 2 rings (SSSR count). The maximum Gasteiger partial charge on any atom is 0.261 e. The van der Waals surface area contributed by atoms with E-state index in [-0.39, 0.29) is 10.5 Å². The molecule has 0 heterocycles. The van der Waals surface area contributed by atoms with Crippen molar-refractivity contribution >= 4 is 31.6 Å². The summed E-state index contributed by atoms with van der Waals surface area (Å²) in [6.07, 6.45) is 0. The van der Waals surface area contributed by atoms with Gasteiger partial charge in [-0.3, -0.25) is 4.72 Å². The zero-order chi connectivity index (χ0) is 15.6. The second-order valence-electron chi connectivity index (χ2n) is 4.38. The van der Waals surface area contributed by atoms with Gasteiger partial charge in [0.2, 0.25) is 0 Å². The normalized spacial score (nSPS) is 11.0. The minimum absolute atomic E-state index is 0.168. The molecule has 0 fully saturated rings.